The molecule has 0 spiro atoms. The number of non-ortho nitro benzene ring substituents is 1. The second kappa shape index (κ2) is 5.81. The molecule has 0 unspecified atom stereocenters. The van der Waals surface area contributed by atoms with Crippen molar-refractivity contribution < 1.29 is 4.92 Å². The van der Waals surface area contributed by atoms with Crippen molar-refractivity contribution in [2.75, 3.05) is 17.6 Å². The number of nitrogens with two attached hydrogens (primary N) is 1. The number of nitro groups is 1. The second-order valence-corrected chi connectivity index (χ2v) is 4.07. The molecule has 0 bridgehead atoms. The first kappa shape index (κ1) is 12.8. The Morgan fingerprint density at radius 3 is 2.63 bits per heavy atom. The molecule has 1 aromatic carbocycles. The number of rotatable bonds is 5. The molecule has 0 aliphatic heterocycles. The molecule has 0 radical (unpaired) electrons. The summed E-state index contributed by atoms with van der Waals surface area (Å²) in [6, 6.07) is 10.2. The summed E-state index contributed by atoms with van der Waals surface area (Å²) in [6.45, 7) is 0.723. The van der Waals surface area contributed by atoms with Gasteiger partial charge in [-0.3, -0.25) is 10.1 Å². The molecule has 0 amide bonds. The fraction of sp³-hybridized carbons (Fsp3) is 0.154. The highest BCUT2D eigenvalue weighted by atomic mass is 16.6. The Kier molecular flexibility index (Phi) is 3.92. The largest absolute Gasteiger partial charge is 0.385 e. The average Bonchev–Trinajstić information content (AvgIpc) is 2.39. The summed E-state index contributed by atoms with van der Waals surface area (Å²) in [5, 5.41) is 13.7. The van der Waals surface area contributed by atoms with Crippen molar-refractivity contribution >= 4 is 17.2 Å². The van der Waals surface area contributed by atoms with E-state index in [-0.39, 0.29) is 5.69 Å². The Balaban J connectivity index is 1.87. The third-order valence-electron chi connectivity index (χ3n) is 2.67. The second-order valence-electron chi connectivity index (χ2n) is 4.07. The van der Waals surface area contributed by atoms with Gasteiger partial charge in [-0.2, -0.15) is 0 Å². The number of nitrogen functional groups attached to an aromatic ring is 1. The van der Waals surface area contributed by atoms with Crippen molar-refractivity contribution in [3.63, 3.8) is 0 Å². The van der Waals surface area contributed by atoms with Crippen LogP contribution in [-0.4, -0.2) is 16.5 Å². The molecule has 0 atom stereocenters. The molecule has 0 fully saturated rings. The molecule has 6 nitrogen and oxygen atoms in total. The van der Waals surface area contributed by atoms with Crippen molar-refractivity contribution in [2.24, 2.45) is 0 Å². The van der Waals surface area contributed by atoms with Gasteiger partial charge in [-0.25, -0.2) is 4.98 Å². The zero-order valence-electron chi connectivity index (χ0n) is 10.2. The molecule has 3 N–H and O–H groups in total. The van der Waals surface area contributed by atoms with Crippen LogP contribution in [0.25, 0.3) is 0 Å². The first-order valence-electron chi connectivity index (χ1n) is 5.84. The number of aromatic nitrogens is 1. The fourth-order valence-electron chi connectivity index (χ4n) is 1.69. The summed E-state index contributed by atoms with van der Waals surface area (Å²) in [4.78, 5) is 14.0. The van der Waals surface area contributed by atoms with Crippen LogP contribution in [0.15, 0.2) is 42.6 Å². The van der Waals surface area contributed by atoms with Gasteiger partial charge >= 0.3 is 0 Å². The molecular weight excluding hydrogens is 244 g/mol. The molecule has 98 valence electrons. The van der Waals surface area contributed by atoms with Crippen molar-refractivity contribution in [3.8, 4) is 0 Å². The predicted octanol–water partition coefficient (Wildman–Crippen LogP) is 2.23. The summed E-state index contributed by atoms with van der Waals surface area (Å²) in [5.74, 6) is 0.473. The molecule has 0 saturated heterocycles. The van der Waals surface area contributed by atoms with Crippen LogP contribution in [-0.2, 0) is 6.42 Å². The number of nitrogens with zero attached hydrogens (tertiary/aromatic N) is 2. The molecule has 0 saturated carbocycles. The van der Waals surface area contributed by atoms with E-state index >= 15 is 0 Å². The molecule has 6 heteroatoms. The highest BCUT2D eigenvalue weighted by Crippen LogP contribution is 2.13. The van der Waals surface area contributed by atoms with Gasteiger partial charge in [0.2, 0.25) is 0 Å². The molecule has 2 rings (SSSR count). The van der Waals surface area contributed by atoms with Crippen molar-refractivity contribution in [3.05, 3.63) is 58.3 Å². The molecule has 19 heavy (non-hydrogen) atoms. The van der Waals surface area contributed by atoms with E-state index in [0.29, 0.717) is 5.82 Å². The average molecular weight is 258 g/mol. The van der Waals surface area contributed by atoms with E-state index in [4.69, 9.17) is 5.73 Å². The quantitative estimate of drug-likeness (QED) is 0.633. The fourth-order valence-corrected chi connectivity index (χ4v) is 1.69. The first-order chi connectivity index (χ1) is 9.15. The van der Waals surface area contributed by atoms with Crippen LogP contribution in [0.5, 0.6) is 0 Å². The maximum atomic E-state index is 10.5. The van der Waals surface area contributed by atoms with E-state index in [0.717, 1.165) is 24.2 Å². The molecular formula is C13H14N4O2. The lowest BCUT2D eigenvalue weighted by Crippen LogP contribution is -2.05. The van der Waals surface area contributed by atoms with E-state index < -0.39 is 4.92 Å². The van der Waals surface area contributed by atoms with Crippen LogP contribution in [0, 0.1) is 10.1 Å². The van der Waals surface area contributed by atoms with Gasteiger partial charge in [0.15, 0.2) is 0 Å². The van der Waals surface area contributed by atoms with Gasteiger partial charge in [0.05, 0.1) is 4.92 Å². The molecule has 2 aromatic rings. The highest BCUT2D eigenvalue weighted by molar-refractivity contribution is 5.49. The van der Waals surface area contributed by atoms with Crippen LogP contribution in [0.2, 0.25) is 0 Å². The molecule has 0 aliphatic carbocycles. The number of nitro benzene ring substituents is 1. The van der Waals surface area contributed by atoms with Crippen molar-refractivity contribution in [1.82, 2.24) is 4.98 Å². The lowest BCUT2D eigenvalue weighted by Gasteiger charge is -2.06. The third-order valence-corrected chi connectivity index (χ3v) is 2.67. The zero-order chi connectivity index (χ0) is 13.7. The summed E-state index contributed by atoms with van der Waals surface area (Å²) in [5.41, 5.74) is 7.63. The van der Waals surface area contributed by atoms with Gasteiger partial charge in [-0.1, -0.05) is 12.1 Å². The summed E-state index contributed by atoms with van der Waals surface area (Å²) >= 11 is 0. The number of hydrogen-bond acceptors (Lipinski definition) is 5. The first-order valence-corrected chi connectivity index (χ1v) is 5.84. The van der Waals surface area contributed by atoms with Gasteiger partial charge in [-0.15, -0.1) is 0 Å². The minimum Gasteiger partial charge on any atom is -0.385 e. The van der Waals surface area contributed by atoms with E-state index in [1.54, 1.807) is 24.4 Å². The predicted molar refractivity (Wildman–Crippen MR) is 73.9 cm³/mol. The SMILES string of the molecule is Nc1cc(NCCc2ccc([N+](=O)[O-])cc2)ccn1. The number of nitrogens with one attached hydrogen (secondary N) is 1. The summed E-state index contributed by atoms with van der Waals surface area (Å²) in [7, 11) is 0. The minimum atomic E-state index is -0.401. The monoisotopic (exact) mass is 258 g/mol. The van der Waals surface area contributed by atoms with Gasteiger partial charge in [-0.05, 0) is 18.1 Å². The molecule has 1 aromatic heterocycles. The van der Waals surface area contributed by atoms with E-state index in [1.165, 1.54) is 12.1 Å². The van der Waals surface area contributed by atoms with Gasteiger partial charge in [0, 0.05) is 36.6 Å². The Hall–Kier alpha value is -2.63. The van der Waals surface area contributed by atoms with E-state index in [9.17, 15) is 10.1 Å². The zero-order valence-corrected chi connectivity index (χ0v) is 10.2. The van der Waals surface area contributed by atoms with Crippen molar-refractivity contribution in [2.45, 2.75) is 6.42 Å². The van der Waals surface area contributed by atoms with Crippen molar-refractivity contribution in [1.29, 1.82) is 0 Å². The Morgan fingerprint density at radius 1 is 1.26 bits per heavy atom. The third kappa shape index (κ3) is 3.67. The maximum Gasteiger partial charge on any atom is 0.269 e. The van der Waals surface area contributed by atoms with Gasteiger partial charge in [0.1, 0.15) is 5.82 Å². The summed E-state index contributed by atoms with van der Waals surface area (Å²) < 4.78 is 0. The van der Waals surface area contributed by atoms with Crippen LogP contribution in [0.4, 0.5) is 17.2 Å². The minimum absolute atomic E-state index is 0.110. The number of hydrogen-bond donors (Lipinski definition) is 2. The standard InChI is InChI=1S/C13H14N4O2/c14-13-9-11(6-8-16-13)15-7-5-10-1-3-12(4-2-10)17(18)19/h1-4,6,8-9H,5,7H2,(H3,14,15,16). The van der Waals surface area contributed by atoms with E-state index in [2.05, 4.69) is 10.3 Å². The van der Waals surface area contributed by atoms with Crippen LogP contribution in [0.1, 0.15) is 5.56 Å². The Bertz CT molecular complexity index is 569. The Morgan fingerprint density at radius 2 is 2.00 bits per heavy atom. The number of pyridine rings is 1. The molecule has 0 aliphatic rings. The normalized spacial score (nSPS) is 10.1. The van der Waals surface area contributed by atoms with Crippen LogP contribution in [0.3, 0.4) is 0 Å². The van der Waals surface area contributed by atoms with Crippen LogP contribution >= 0.6 is 0 Å². The van der Waals surface area contributed by atoms with Gasteiger partial charge in [0.25, 0.3) is 5.69 Å². The van der Waals surface area contributed by atoms with E-state index in [1.807, 2.05) is 6.07 Å². The molecule has 1 heterocycles. The Labute approximate surface area is 110 Å². The lowest BCUT2D eigenvalue weighted by atomic mass is 10.1. The smallest absolute Gasteiger partial charge is 0.269 e. The lowest BCUT2D eigenvalue weighted by molar-refractivity contribution is -0.384. The van der Waals surface area contributed by atoms with Crippen LogP contribution < -0.4 is 11.1 Å². The summed E-state index contributed by atoms with van der Waals surface area (Å²) in [6.07, 6.45) is 2.42. The number of anilines is 2. The maximum absolute atomic E-state index is 10.5. The number of benzene rings is 1. The van der Waals surface area contributed by atoms with Gasteiger partial charge < -0.3 is 11.1 Å². The highest BCUT2D eigenvalue weighted by Gasteiger charge is 2.03. The topological polar surface area (TPSA) is 94.1 Å².